The largest absolute Gasteiger partial charge is 0.385 e. The Hall–Kier alpha value is -1.53. The van der Waals surface area contributed by atoms with Crippen molar-refractivity contribution < 1.29 is 9.90 Å². The molecule has 0 saturated carbocycles. The molecule has 3 rings (SSSR count). The van der Waals surface area contributed by atoms with Gasteiger partial charge < -0.3 is 10.4 Å². The van der Waals surface area contributed by atoms with E-state index in [0.29, 0.717) is 18.2 Å². The van der Waals surface area contributed by atoms with E-state index in [1.165, 1.54) is 0 Å². The van der Waals surface area contributed by atoms with Crippen molar-refractivity contribution in [3.05, 3.63) is 18.1 Å². The van der Waals surface area contributed by atoms with Crippen molar-refractivity contribution in [3.8, 4) is 0 Å². The van der Waals surface area contributed by atoms with Gasteiger partial charge in [-0.25, -0.2) is 9.97 Å². The van der Waals surface area contributed by atoms with Crippen LogP contribution in [0.4, 0.5) is 5.82 Å². The zero-order chi connectivity index (χ0) is 12.8. The SMILES string of the molecule is CC(O)c1nccc(N2CC3(CCCN3)C2=O)n1. The van der Waals surface area contributed by atoms with E-state index in [-0.39, 0.29) is 11.4 Å². The standard InChI is InChI=1S/C12H16N4O2/c1-8(17)10-13-6-3-9(15-10)16-7-12(11(16)18)4-2-5-14-12/h3,6,8,14,17H,2,4-5,7H2,1H3. The fourth-order valence-corrected chi connectivity index (χ4v) is 2.60. The van der Waals surface area contributed by atoms with E-state index >= 15 is 0 Å². The van der Waals surface area contributed by atoms with Gasteiger partial charge in [0.05, 0.1) is 6.54 Å². The summed E-state index contributed by atoms with van der Waals surface area (Å²) in [6.45, 7) is 3.17. The van der Waals surface area contributed by atoms with Gasteiger partial charge in [0.25, 0.3) is 0 Å². The Morgan fingerprint density at radius 3 is 3.06 bits per heavy atom. The molecule has 2 unspecified atom stereocenters. The lowest BCUT2D eigenvalue weighted by Crippen LogP contribution is -2.71. The van der Waals surface area contributed by atoms with Crippen molar-refractivity contribution in [2.24, 2.45) is 0 Å². The Kier molecular flexibility index (Phi) is 2.57. The van der Waals surface area contributed by atoms with Crippen molar-refractivity contribution in [2.75, 3.05) is 18.0 Å². The molecule has 1 aromatic rings. The predicted molar refractivity (Wildman–Crippen MR) is 65.0 cm³/mol. The molecule has 3 heterocycles. The van der Waals surface area contributed by atoms with Gasteiger partial charge >= 0.3 is 0 Å². The highest BCUT2D eigenvalue weighted by Gasteiger charge is 2.54. The summed E-state index contributed by atoms with van der Waals surface area (Å²) in [5.41, 5.74) is -0.351. The van der Waals surface area contributed by atoms with Crippen LogP contribution in [0, 0.1) is 0 Å². The maximum absolute atomic E-state index is 12.2. The smallest absolute Gasteiger partial charge is 0.250 e. The molecule has 1 aromatic heterocycles. The van der Waals surface area contributed by atoms with Gasteiger partial charge in [-0.1, -0.05) is 0 Å². The molecule has 2 aliphatic heterocycles. The number of hydrogen-bond donors (Lipinski definition) is 2. The summed E-state index contributed by atoms with van der Waals surface area (Å²) in [7, 11) is 0. The fraction of sp³-hybridized carbons (Fsp3) is 0.583. The van der Waals surface area contributed by atoms with E-state index in [1.807, 2.05) is 0 Å². The first-order valence-electron chi connectivity index (χ1n) is 6.20. The average molecular weight is 248 g/mol. The molecule has 2 N–H and O–H groups in total. The molecule has 2 saturated heterocycles. The van der Waals surface area contributed by atoms with Gasteiger partial charge in [-0.15, -0.1) is 0 Å². The molecule has 0 radical (unpaired) electrons. The number of anilines is 1. The van der Waals surface area contributed by atoms with Gasteiger partial charge in [0.1, 0.15) is 17.5 Å². The molecule has 2 aliphatic rings. The van der Waals surface area contributed by atoms with Crippen LogP contribution in [-0.4, -0.2) is 39.6 Å². The van der Waals surface area contributed by atoms with Gasteiger partial charge in [-0.2, -0.15) is 0 Å². The lowest BCUT2D eigenvalue weighted by Gasteiger charge is -2.46. The molecule has 0 aromatic carbocycles. The fourth-order valence-electron chi connectivity index (χ4n) is 2.60. The number of rotatable bonds is 2. The first-order chi connectivity index (χ1) is 8.62. The first-order valence-corrected chi connectivity index (χ1v) is 6.20. The highest BCUT2D eigenvalue weighted by Crippen LogP contribution is 2.34. The molecule has 0 bridgehead atoms. The van der Waals surface area contributed by atoms with Crippen molar-refractivity contribution >= 4 is 11.7 Å². The monoisotopic (exact) mass is 248 g/mol. The van der Waals surface area contributed by atoms with Crippen LogP contribution in [-0.2, 0) is 4.79 Å². The second-order valence-electron chi connectivity index (χ2n) is 4.95. The number of aromatic nitrogens is 2. The molecule has 18 heavy (non-hydrogen) atoms. The number of β-lactam (4-membered cyclic amide) rings is 1. The number of carbonyl (C=O) groups excluding carboxylic acids is 1. The van der Waals surface area contributed by atoms with Gasteiger partial charge in [0, 0.05) is 6.20 Å². The zero-order valence-electron chi connectivity index (χ0n) is 10.3. The quantitative estimate of drug-likeness (QED) is 0.720. The predicted octanol–water partition coefficient (Wildman–Crippen LogP) is -0.00130. The zero-order valence-corrected chi connectivity index (χ0v) is 10.3. The van der Waals surface area contributed by atoms with Crippen LogP contribution in [0.3, 0.4) is 0 Å². The minimum absolute atomic E-state index is 0.0789. The van der Waals surface area contributed by atoms with Crippen molar-refractivity contribution in [3.63, 3.8) is 0 Å². The van der Waals surface area contributed by atoms with E-state index in [9.17, 15) is 9.90 Å². The minimum atomic E-state index is -0.722. The van der Waals surface area contributed by atoms with Crippen molar-refractivity contribution in [1.82, 2.24) is 15.3 Å². The van der Waals surface area contributed by atoms with Crippen LogP contribution in [0.25, 0.3) is 0 Å². The highest BCUT2D eigenvalue weighted by molar-refractivity contribution is 6.07. The number of nitrogens with zero attached hydrogens (tertiary/aromatic N) is 3. The highest BCUT2D eigenvalue weighted by atomic mass is 16.3. The summed E-state index contributed by atoms with van der Waals surface area (Å²) >= 11 is 0. The molecular weight excluding hydrogens is 232 g/mol. The Bertz CT molecular complexity index is 483. The normalized spacial score (nSPS) is 28.6. The van der Waals surface area contributed by atoms with Crippen LogP contribution in [0.5, 0.6) is 0 Å². The summed E-state index contributed by atoms with van der Waals surface area (Å²) in [5.74, 6) is 1.00. The number of carbonyl (C=O) groups is 1. The molecule has 96 valence electrons. The lowest BCUT2D eigenvalue weighted by molar-refractivity contribution is -0.130. The number of aliphatic hydroxyl groups excluding tert-OH is 1. The molecule has 1 spiro atoms. The lowest BCUT2D eigenvalue weighted by atomic mass is 9.87. The third-order valence-electron chi connectivity index (χ3n) is 3.64. The van der Waals surface area contributed by atoms with E-state index in [2.05, 4.69) is 15.3 Å². The van der Waals surface area contributed by atoms with Crippen LogP contribution in [0.15, 0.2) is 12.3 Å². The third kappa shape index (κ3) is 1.60. The van der Waals surface area contributed by atoms with Crippen LogP contribution in [0.1, 0.15) is 31.7 Å². The van der Waals surface area contributed by atoms with E-state index in [1.54, 1.807) is 24.1 Å². The maximum atomic E-state index is 12.2. The molecule has 0 aliphatic carbocycles. The molecule has 2 atom stereocenters. The second-order valence-corrected chi connectivity index (χ2v) is 4.95. The third-order valence-corrected chi connectivity index (χ3v) is 3.64. The number of nitrogens with one attached hydrogen (secondary N) is 1. The van der Waals surface area contributed by atoms with E-state index in [0.717, 1.165) is 19.4 Å². The Balaban J connectivity index is 1.81. The summed E-state index contributed by atoms with van der Waals surface area (Å²) in [4.78, 5) is 22.0. The van der Waals surface area contributed by atoms with Gasteiger partial charge in [-0.05, 0) is 32.4 Å². The minimum Gasteiger partial charge on any atom is -0.385 e. The summed E-state index contributed by atoms with van der Waals surface area (Å²) in [6.07, 6.45) is 2.80. The Morgan fingerprint density at radius 2 is 2.44 bits per heavy atom. The molecule has 2 fully saturated rings. The summed E-state index contributed by atoms with van der Waals surface area (Å²) in [5, 5.41) is 12.7. The van der Waals surface area contributed by atoms with Gasteiger partial charge in [0.2, 0.25) is 5.91 Å². The van der Waals surface area contributed by atoms with Crippen molar-refractivity contribution in [2.45, 2.75) is 31.4 Å². The maximum Gasteiger partial charge on any atom is 0.250 e. The average Bonchev–Trinajstić information content (AvgIpc) is 2.87. The van der Waals surface area contributed by atoms with Crippen LogP contribution < -0.4 is 10.2 Å². The Morgan fingerprint density at radius 1 is 1.61 bits per heavy atom. The molecule has 6 nitrogen and oxygen atoms in total. The summed E-state index contributed by atoms with van der Waals surface area (Å²) < 4.78 is 0. The van der Waals surface area contributed by atoms with Crippen LogP contribution >= 0.6 is 0 Å². The Labute approximate surface area is 105 Å². The van der Waals surface area contributed by atoms with E-state index < -0.39 is 6.10 Å². The number of hydrogen-bond acceptors (Lipinski definition) is 5. The molecule has 6 heteroatoms. The van der Waals surface area contributed by atoms with E-state index in [4.69, 9.17) is 0 Å². The van der Waals surface area contributed by atoms with Crippen LogP contribution in [0.2, 0.25) is 0 Å². The number of amides is 1. The molecular formula is C12H16N4O2. The summed E-state index contributed by atoms with van der Waals surface area (Å²) in [6, 6.07) is 1.70. The topological polar surface area (TPSA) is 78.4 Å². The van der Waals surface area contributed by atoms with Crippen molar-refractivity contribution in [1.29, 1.82) is 0 Å². The second kappa shape index (κ2) is 4.00. The number of aliphatic hydroxyl groups is 1. The van der Waals surface area contributed by atoms with Gasteiger partial charge in [0.15, 0.2) is 5.82 Å². The first kappa shape index (κ1) is 11.6. The van der Waals surface area contributed by atoms with Gasteiger partial charge in [-0.3, -0.25) is 9.69 Å². The molecule has 1 amide bonds.